The maximum Gasteiger partial charge on any atom is 0.420 e. The molecule has 0 saturated heterocycles. The van der Waals surface area contributed by atoms with Crippen molar-refractivity contribution >= 4 is 5.91 Å². The van der Waals surface area contributed by atoms with E-state index in [4.69, 9.17) is 13.9 Å². The first-order chi connectivity index (χ1) is 15.3. The van der Waals surface area contributed by atoms with Gasteiger partial charge in [-0.25, -0.2) is 4.39 Å². The van der Waals surface area contributed by atoms with Crippen molar-refractivity contribution in [1.29, 1.82) is 0 Å². The first kappa shape index (κ1) is 20.7. The molecule has 0 radical (unpaired) electrons. The highest BCUT2D eigenvalue weighted by atomic mass is 19.1. The highest BCUT2D eigenvalue weighted by Gasteiger charge is 2.71. The molecule has 7 nitrogen and oxygen atoms in total. The van der Waals surface area contributed by atoms with Crippen LogP contribution in [0.1, 0.15) is 49.6 Å². The zero-order valence-electron chi connectivity index (χ0n) is 18.4. The molecule has 1 unspecified atom stereocenters. The minimum atomic E-state index is -0.308. The first-order valence-corrected chi connectivity index (χ1v) is 10.9. The average molecular weight is 439 g/mol. The van der Waals surface area contributed by atoms with Gasteiger partial charge < -0.3 is 19.2 Å². The number of aryl methyl sites for hydroxylation is 1. The predicted molar refractivity (Wildman–Crippen MR) is 114 cm³/mol. The fraction of sp³-hybridized carbons (Fsp3) is 0.458. The minimum absolute atomic E-state index is 0.141. The van der Waals surface area contributed by atoms with E-state index in [0.29, 0.717) is 34.4 Å². The van der Waals surface area contributed by atoms with Crippen molar-refractivity contribution in [3.8, 4) is 11.8 Å². The molecule has 2 bridgehead atoms. The van der Waals surface area contributed by atoms with E-state index in [1.54, 1.807) is 26.0 Å². The molecule has 1 aromatic carbocycles. The summed E-state index contributed by atoms with van der Waals surface area (Å²) < 4.78 is 31.0. The Hall–Kier alpha value is -3.16. The Balaban J connectivity index is 1.13. The molecule has 1 N–H and O–H groups in total. The fourth-order valence-corrected chi connectivity index (χ4v) is 5.02. The molecule has 4 aliphatic rings. The Bertz CT molecular complexity index is 1120. The monoisotopic (exact) mass is 439 g/mol. The summed E-state index contributed by atoms with van der Waals surface area (Å²) in [5.74, 6) is 1.53. The molecule has 1 atom stereocenters. The molecule has 2 aromatic rings. The summed E-state index contributed by atoms with van der Waals surface area (Å²) in [6.45, 7) is 5.30. The lowest BCUT2D eigenvalue weighted by Gasteiger charge is -2.68. The number of carbonyl (C=O) groups is 1. The van der Waals surface area contributed by atoms with Crippen molar-refractivity contribution in [2.24, 2.45) is 5.92 Å². The van der Waals surface area contributed by atoms with Crippen molar-refractivity contribution in [2.45, 2.75) is 57.4 Å². The maximum absolute atomic E-state index is 14.0. The Labute approximate surface area is 185 Å². The molecule has 1 aromatic heterocycles. The van der Waals surface area contributed by atoms with Crippen LogP contribution < -0.4 is 14.8 Å². The third-order valence-electron chi connectivity index (χ3n) is 6.63. The highest BCUT2D eigenvalue weighted by molar-refractivity contribution is 5.79. The SMILES string of the molecule is Cc1ccc(OCC(=O)NC23CC(c4nnc(OC5=CC(C)CC=C5)o4)(C2)C3)c(C)c1F. The van der Waals surface area contributed by atoms with Gasteiger partial charge in [-0.15, -0.1) is 5.10 Å². The summed E-state index contributed by atoms with van der Waals surface area (Å²) >= 11 is 0. The van der Waals surface area contributed by atoms with Gasteiger partial charge in [0.05, 0.1) is 5.41 Å². The second kappa shape index (κ2) is 7.46. The van der Waals surface area contributed by atoms with E-state index in [0.717, 1.165) is 25.7 Å². The maximum atomic E-state index is 14.0. The van der Waals surface area contributed by atoms with Crippen LogP contribution in [0.4, 0.5) is 4.39 Å². The van der Waals surface area contributed by atoms with Gasteiger partial charge in [0.25, 0.3) is 5.91 Å². The summed E-state index contributed by atoms with van der Waals surface area (Å²) in [5, 5.41) is 11.3. The molecule has 1 amide bonds. The summed E-state index contributed by atoms with van der Waals surface area (Å²) in [6.07, 6.45) is 9.36. The van der Waals surface area contributed by atoms with Gasteiger partial charge >= 0.3 is 6.08 Å². The molecule has 168 valence electrons. The Kier molecular flexibility index (Phi) is 4.83. The summed E-state index contributed by atoms with van der Waals surface area (Å²) in [7, 11) is 0. The van der Waals surface area contributed by atoms with Gasteiger partial charge in [0, 0.05) is 11.1 Å². The van der Waals surface area contributed by atoms with Crippen LogP contribution in [0, 0.1) is 25.6 Å². The molecular weight excluding hydrogens is 413 g/mol. The summed E-state index contributed by atoms with van der Waals surface area (Å²) in [5.41, 5.74) is 0.511. The van der Waals surface area contributed by atoms with E-state index < -0.39 is 0 Å². The lowest BCUT2D eigenvalue weighted by Crippen LogP contribution is -2.77. The van der Waals surface area contributed by atoms with Gasteiger partial charge in [-0.05, 0) is 69.2 Å². The third-order valence-corrected chi connectivity index (χ3v) is 6.63. The van der Waals surface area contributed by atoms with Crippen LogP contribution in [-0.4, -0.2) is 28.3 Å². The fourth-order valence-electron chi connectivity index (χ4n) is 5.02. The van der Waals surface area contributed by atoms with Crippen molar-refractivity contribution < 1.29 is 23.1 Å². The van der Waals surface area contributed by atoms with Crippen LogP contribution in [0.5, 0.6) is 11.8 Å². The lowest BCUT2D eigenvalue weighted by atomic mass is 9.39. The number of benzene rings is 1. The van der Waals surface area contributed by atoms with Crippen molar-refractivity contribution in [2.75, 3.05) is 6.61 Å². The number of rotatable bonds is 7. The van der Waals surface area contributed by atoms with Gasteiger partial charge in [-0.3, -0.25) is 4.79 Å². The number of allylic oxidation sites excluding steroid dienone is 3. The first-order valence-electron chi connectivity index (χ1n) is 10.9. The van der Waals surface area contributed by atoms with E-state index >= 15 is 0 Å². The molecule has 3 fully saturated rings. The van der Waals surface area contributed by atoms with Crippen molar-refractivity contribution in [3.05, 3.63) is 59.0 Å². The number of nitrogens with zero attached hydrogens (tertiary/aromatic N) is 2. The van der Waals surface area contributed by atoms with Crippen LogP contribution in [0.25, 0.3) is 0 Å². The van der Waals surface area contributed by atoms with E-state index in [-0.39, 0.29) is 35.4 Å². The van der Waals surface area contributed by atoms with Crippen LogP contribution in [0.3, 0.4) is 0 Å². The van der Waals surface area contributed by atoms with Crippen molar-refractivity contribution in [3.63, 3.8) is 0 Å². The number of hydrogen-bond acceptors (Lipinski definition) is 6. The van der Waals surface area contributed by atoms with E-state index in [1.807, 2.05) is 12.2 Å². The number of carbonyl (C=O) groups excluding carboxylic acids is 1. The quantitative estimate of drug-likeness (QED) is 0.700. The third kappa shape index (κ3) is 3.57. The normalized spacial score (nSPS) is 27.8. The van der Waals surface area contributed by atoms with Gasteiger partial charge in [-0.2, -0.15) is 0 Å². The molecule has 0 aliphatic heterocycles. The number of ether oxygens (including phenoxy) is 2. The second-order valence-electron chi connectivity index (χ2n) is 9.41. The molecular formula is C24H26FN3O4. The minimum Gasteiger partial charge on any atom is -0.483 e. The van der Waals surface area contributed by atoms with Crippen LogP contribution in [0.2, 0.25) is 0 Å². The van der Waals surface area contributed by atoms with E-state index in [1.165, 1.54) is 0 Å². The molecule has 4 aliphatic carbocycles. The number of hydrogen-bond donors (Lipinski definition) is 1. The summed E-state index contributed by atoms with van der Waals surface area (Å²) in [6, 6.07) is 3.33. The topological polar surface area (TPSA) is 86.5 Å². The zero-order valence-corrected chi connectivity index (χ0v) is 18.4. The van der Waals surface area contributed by atoms with E-state index in [9.17, 15) is 9.18 Å². The zero-order chi connectivity index (χ0) is 22.5. The molecule has 6 rings (SSSR count). The highest BCUT2D eigenvalue weighted by Crippen LogP contribution is 2.67. The standard InChI is InChI=1S/C24H26FN3O4/c1-14-5-4-6-17(9-14)31-22-28-27-21(32-22)23-11-24(12-23,13-23)26-19(29)10-30-18-8-7-15(2)20(25)16(18)3/h4,6-9,14H,5,10-13H2,1-3H3,(H,26,29). The molecule has 8 heteroatoms. The Morgan fingerprint density at radius 3 is 2.81 bits per heavy atom. The Morgan fingerprint density at radius 1 is 1.28 bits per heavy atom. The average Bonchev–Trinajstić information content (AvgIpc) is 3.15. The number of amides is 1. The van der Waals surface area contributed by atoms with Gasteiger partial charge in [0.15, 0.2) is 6.61 Å². The van der Waals surface area contributed by atoms with Gasteiger partial charge in [0.2, 0.25) is 5.89 Å². The largest absolute Gasteiger partial charge is 0.483 e. The number of nitrogens with one attached hydrogen (secondary N) is 1. The number of halogens is 1. The second-order valence-corrected chi connectivity index (χ2v) is 9.41. The van der Waals surface area contributed by atoms with Crippen LogP contribution in [-0.2, 0) is 10.2 Å². The van der Waals surface area contributed by atoms with Crippen molar-refractivity contribution in [1.82, 2.24) is 15.5 Å². The molecule has 3 saturated carbocycles. The summed E-state index contributed by atoms with van der Waals surface area (Å²) in [4.78, 5) is 12.4. The van der Waals surface area contributed by atoms with Gasteiger partial charge in [-0.1, -0.05) is 24.2 Å². The predicted octanol–water partition coefficient (Wildman–Crippen LogP) is 4.05. The smallest absolute Gasteiger partial charge is 0.420 e. The lowest BCUT2D eigenvalue weighted by molar-refractivity contribution is -0.143. The van der Waals surface area contributed by atoms with Crippen LogP contribution in [0.15, 0.2) is 40.5 Å². The Morgan fingerprint density at radius 2 is 2.06 bits per heavy atom. The van der Waals surface area contributed by atoms with Crippen LogP contribution >= 0.6 is 0 Å². The molecule has 32 heavy (non-hydrogen) atoms. The van der Waals surface area contributed by atoms with E-state index in [2.05, 4.69) is 28.5 Å². The molecule has 1 heterocycles. The van der Waals surface area contributed by atoms with Gasteiger partial charge in [0.1, 0.15) is 17.3 Å². The molecule has 0 spiro atoms. The number of aromatic nitrogens is 2.